The molecule has 1 aromatic carbocycles. The molecule has 24 heavy (non-hydrogen) atoms. The fourth-order valence-corrected chi connectivity index (χ4v) is 3.29. The lowest BCUT2D eigenvalue weighted by molar-refractivity contribution is 1.11. The van der Waals surface area contributed by atoms with Crippen LogP contribution in [0.25, 0.3) is 16.2 Å². The summed E-state index contributed by atoms with van der Waals surface area (Å²) in [7, 11) is 0. The lowest BCUT2D eigenvalue weighted by Gasteiger charge is -1.99. The molecule has 0 amide bonds. The Labute approximate surface area is 148 Å². The molecule has 0 aliphatic carbocycles. The molecule has 0 radical (unpaired) electrons. The van der Waals surface area contributed by atoms with Gasteiger partial charge in [0.1, 0.15) is 11.3 Å². The highest BCUT2D eigenvalue weighted by atomic mass is 35.5. The first-order chi connectivity index (χ1) is 11.7. The first-order valence-corrected chi connectivity index (χ1v) is 8.67. The SMILES string of the molecule is Cc1ccc(N=Nc2c(-c3cccs3)nc3ccccn23)cc1Cl. The number of halogens is 1. The fourth-order valence-electron chi connectivity index (χ4n) is 2.41. The number of fused-ring (bicyclic) bond motifs is 1. The number of aromatic nitrogens is 2. The number of azo groups is 1. The van der Waals surface area contributed by atoms with Crippen molar-refractivity contribution in [2.45, 2.75) is 6.92 Å². The van der Waals surface area contributed by atoms with E-state index in [4.69, 9.17) is 16.6 Å². The van der Waals surface area contributed by atoms with Gasteiger partial charge in [0.25, 0.3) is 0 Å². The molecule has 3 aromatic heterocycles. The van der Waals surface area contributed by atoms with E-state index in [0.29, 0.717) is 16.5 Å². The largest absolute Gasteiger partial charge is 0.283 e. The van der Waals surface area contributed by atoms with Gasteiger partial charge in [-0.05, 0) is 48.2 Å². The highest BCUT2D eigenvalue weighted by Gasteiger charge is 2.14. The number of thiophene rings is 1. The molecule has 0 saturated carbocycles. The van der Waals surface area contributed by atoms with E-state index in [2.05, 4.69) is 10.2 Å². The topological polar surface area (TPSA) is 42.0 Å². The van der Waals surface area contributed by atoms with Crippen molar-refractivity contribution in [3.8, 4) is 10.6 Å². The number of hydrogen-bond donors (Lipinski definition) is 0. The Morgan fingerprint density at radius 3 is 2.79 bits per heavy atom. The van der Waals surface area contributed by atoms with E-state index < -0.39 is 0 Å². The third-order valence-electron chi connectivity index (χ3n) is 3.67. The molecule has 0 atom stereocenters. The zero-order chi connectivity index (χ0) is 16.5. The van der Waals surface area contributed by atoms with Gasteiger partial charge in [0.15, 0.2) is 5.82 Å². The van der Waals surface area contributed by atoms with Crippen LogP contribution in [0.1, 0.15) is 5.56 Å². The maximum atomic E-state index is 6.16. The second-order valence-corrected chi connectivity index (χ2v) is 6.68. The van der Waals surface area contributed by atoms with Crippen LogP contribution in [0.2, 0.25) is 5.02 Å². The van der Waals surface area contributed by atoms with E-state index >= 15 is 0 Å². The van der Waals surface area contributed by atoms with Crippen molar-refractivity contribution < 1.29 is 0 Å². The number of rotatable bonds is 3. The van der Waals surface area contributed by atoms with E-state index in [1.807, 2.05) is 71.4 Å². The smallest absolute Gasteiger partial charge is 0.188 e. The number of pyridine rings is 1. The summed E-state index contributed by atoms with van der Waals surface area (Å²) >= 11 is 7.80. The molecular formula is C18H13ClN4S. The van der Waals surface area contributed by atoms with Crippen molar-refractivity contribution in [1.29, 1.82) is 0 Å². The van der Waals surface area contributed by atoms with Crippen LogP contribution in [0.5, 0.6) is 0 Å². The van der Waals surface area contributed by atoms with Gasteiger partial charge in [-0.25, -0.2) is 4.98 Å². The summed E-state index contributed by atoms with van der Waals surface area (Å²) in [5.74, 6) is 0.713. The van der Waals surface area contributed by atoms with Gasteiger partial charge in [0.2, 0.25) is 0 Å². The molecule has 0 bridgehead atoms. The molecule has 118 valence electrons. The molecule has 0 N–H and O–H groups in total. The maximum absolute atomic E-state index is 6.16. The van der Waals surface area contributed by atoms with Gasteiger partial charge >= 0.3 is 0 Å². The fraction of sp³-hybridized carbons (Fsp3) is 0.0556. The molecule has 4 rings (SSSR count). The Bertz CT molecular complexity index is 1030. The number of hydrogen-bond acceptors (Lipinski definition) is 4. The Kier molecular flexibility index (Phi) is 3.88. The third kappa shape index (κ3) is 2.72. The number of nitrogens with zero attached hydrogens (tertiary/aromatic N) is 4. The highest BCUT2D eigenvalue weighted by Crippen LogP contribution is 2.35. The lowest BCUT2D eigenvalue weighted by Crippen LogP contribution is -1.81. The van der Waals surface area contributed by atoms with Gasteiger partial charge in [0.05, 0.1) is 10.6 Å². The van der Waals surface area contributed by atoms with Crippen molar-refractivity contribution in [3.05, 3.63) is 70.7 Å². The van der Waals surface area contributed by atoms with Gasteiger partial charge in [0, 0.05) is 11.2 Å². The van der Waals surface area contributed by atoms with Crippen molar-refractivity contribution in [2.24, 2.45) is 10.2 Å². The Morgan fingerprint density at radius 2 is 2.00 bits per heavy atom. The summed E-state index contributed by atoms with van der Waals surface area (Å²) in [6, 6.07) is 15.6. The number of benzene rings is 1. The maximum Gasteiger partial charge on any atom is 0.188 e. The summed E-state index contributed by atoms with van der Waals surface area (Å²) < 4.78 is 1.94. The van der Waals surface area contributed by atoms with Crippen LogP contribution in [0.4, 0.5) is 11.5 Å². The molecule has 0 aliphatic heterocycles. The molecule has 0 saturated heterocycles. The van der Waals surface area contributed by atoms with Crippen LogP contribution in [-0.4, -0.2) is 9.38 Å². The molecule has 4 aromatic rings. The minimum Gasteiger partial charge on any atom is -0.283 e. The Morgan fingerprint density at radius 1 is 1.08 bits per heavy atom. The molecule has 0 fully saturated rings. The van der Waals surface area contributed by atoms with Gasteiger partial charge in [-0.2, -0.15) is 0 Å². The summed E-state index contributed by atoms with van der Waals surface area (Å²) in [5, 5.41) is 11.5. The molecule has 0 spiro atoms. The molecular weight excluding hydrogens is 340 g/mol. The quantitative estimate of drug-likeness (QED) is 0.391. The molecule has 3 heterocycles. The minimum absolute atomic E-state index is 0.683. The van der Waals surface area contributed by atoms with Crippen molar-refractivity contribution in [3.63, 3.8) is 0 Å². The van der Waals surface area contributed by atoms with E-state index in [-0.39, 0.29) is 0 Å². The summed E-state index contributed by atoms with van der Waals surface area (Å²) in [6.07, 6.45) is 1.94. The molecule has 0 aliphatic rings. The van der Waals surface area contributed by atoms with Crippen molar-refractivity contribution in [1.82, 2.24) is 9.38 Å². The second kappa shape index (κ2) is 6.19. The van der Waals surface area contributed by atoms with E-state index in [9.17, 15) is 0 Å². The minimum atomic E-state index is 0.683. The lowest BCUT2D eigenvalue weighted by atomic mass is 10.2. The standard InChI is InChI=1S/C18H13ClN4S/c1-12-7-8-13(11-14(12)19)21-22-18-17(15-5-4-10-24-15)20-16-6-2-3-9-23(16)18/h2-11H,1H3. The van der Waals surface area contributed by atoms with Crippen LogP contribution in [0, 0.1) is 6.92 Å². The van der Waals surface area contributed by atoms with Gasteiger partial charge in [-0.15, -0.1) is 21.6 Å². The van der Waals surface area contributed by atoms with E-state index in [0.717, 1.165) is 21.8 Å². The summed E-state index contributed by atoms with van der Waals surface area (Å²) in [5.41, 5.74) is 3.41. The van der Waals surface area contributed by atoms with E-state index in [1.54, 1.807) is 11.3 Å². The van der Waals surface area contributed by atoms with Crippen LogP contribution in [0.15, 0.2) is 70.3 Å². The summed E-state index contributed by atoms with van der Waals surface area (Å²) in [4.78, 5) is 5.76. The van der Waals surface area contributed by atoms with Crippen LogP contribution < -0.4 is 0 Å². The third-order valence-corrected chi connectivity index (χ3v) is 4.96. The Balaban J connectivity index is 1.84. The highest BCUT2D eigenvalue weighted by molar-refractivity contribution is 7.13. The molecule has 4 nitrogen and oxygen atoms in total. The Hall–Kier alpha value is -2.50. The monoisotopic (exact) mass is 352 g/mol. The van der Waals surface area contributed by atoms with Gasteiger partial charge in [-0.3, -0.25) is 4.40 Å². The van der Waals surface area contributed by atoms with Crippen LogP contribution >= 0.6 is 22.9 Å². The van der Waals surface area contributed by atoms with Gasteiger partial charge < -0.3 is 0 Å². The zero-order valence-electron chi connectivity index (χ0n) is 12.8. The van der Waals surface area contributed by atoms with Gasteiger partial charge in [-0.1, -0.05) is 29.8 Å². The molecule has 0 unspecified atom stereocenters. The van der Waals surface area contributed by atoms with E-state index in [1.165, 1.54) is 0 Å². The number of imidazole rings is 1. The zero-order valence-corrected chi connectivity index (χ0v) is 14.4. The predicted molar refractivity (Wildman–Crippen MR) is 98.9 cm³/mol. The average molecular weight is 353 g/mol. The van der Waals surface area contributed by atoms with Crippen LogP contribution in [0.3, 0.4) is 0 Å². The predicted octanol–water partition coefficient (Wildman–Crippen LogP) is 6.44. The average Bonchev–Trinajstić information content (AvgIpc) is 3.23. The second-order valence-electron chi connectivity index (χ2n) is 5.32. The van der Waals surface area contributed by atoms with Crippen molar-refractivity contribution in [2.75, 3.05) is 0 Å². The number of aryl methyl sites for hydroxylation is 1. The normalized spacial score (nSPS) is 11.6. The summed E-state index contributed by atoms with van der Waals surface area (Å²) in [6.45, 7) is 1.96. The first-order valence-electron chi connectivity index (χ1n) is 7.41. The first kappa shape index (κ1) is 15.1. The van der Waals surface area contributed by atoms with Crippen molar-refractivity contribution >= 4 is 40.1 Å². The van der Waals surface area contributed by atoms with Crippen LogP contribution in [-0.2, 0) is 0 Å². The molecule has 6 heteroatoms.